The summed E-state index contributed by atoms with van der Waals surface area (Å²) in [6.45, 7) is 8.11. The fraction of sp³-hybridized carbons (Fsp3) is 0.500. The van der Waals surface area contributed by atoms with Crippen molar-refractivity contribution in [2.75, 3.05) is 26.7 Å². The summed E-state index contributed by atoms with van der Waals surface area (Å²) in [6.07, 6.45) is 0. The van der Waals surface area contributed by atoms with Crippen LogP contribution in [0.5, 0.6) is 5.75 Å². The van der Waals surface area contributed by atoms with Gasteiger partial charge in [-0.2, -0.15) is 6.07 Å². The van der Waals surface area contributed by atoms with Gasteiger partial charge >= 0.3 is 29.6 Å². The van der Waals surface area contributed by atoms with E-state index < -0.39 is 0 Å². The molecule has 4 nitrogen and oxygen atoms in total. The average molecular weight is 307 g/mol. The Labute approximate surface area is 148 Å². The van der Waals surface area contributed by atoms with Gasteiger partial charge in [-0.1, -0.05) is 18.9 Å². The third-order valence-corrected chi connectivity index (χ3v) is 3.15. The number of methoxy groups -OCH3 is 1. The number of hydrogen-bond donors (Lipinski definition) is 0. The molecule has 0 aliphatic heterocycles. The van der Waals surface area contributed by atoms with E-state index in [2.05, 4.69) is 6.07 Å². The second-order valence-electron chi connectivity index (χ2n) is 3.92. The molecule has 6 heteroatoms. The van der Waals surface area contributed by atoms with Crippen LogP contribution in [-0.4, -0.2) is 42.7 Å². The summed E-state index contributed by atoms with van der Waals surface area (Å²) >= 11 is 5.92. The average Bonchev–Trinajstić information content (AvgIpc) is 2.43. The van der Waals surface area contributed by atoms with E-state index in [4.69, 9.17) is 16.3 Å². The van der Waals surface area contributed by atoms with E-state index in [0.717, 1.165) is 13.1 Å². The number of hydrogen-bond acceptors (Lipinski definition) is 3. The van der Waals surface area contributed by atoms with E-state index in [-0.39, 0.29) is 35.5 Å². The minimum atomic E-state index is -0.112. The number of carbonyl (C=O) groups excluding carboxylic acids is 1. The molecule has 0 unspecified atom stereocenters. The van der Waals surface area contributed by atoms with Crippen molar-refractivity contribution in [2.24, 2.45) is 0 Å². The maximum Gasteiger partial charge on any atom is 1.00 e. The molecule has 20 heavy (non-hydrogen) atoms. The fourth-order valence-electron chi connectivity index (χ4n) is 1.96. The number of halogens is 1. The first-order valence-corrected chi connectivity index (χ1v) is 6.78. The number of ether oxygens (including phenoxy) is 1. The summed E-state index contributed by atoms with van der Waals surface area (Å²) < 4.78 is 5.21. The van der Waals surface area contributed by atoms with Crippen LogP contribution in [0.4, 0.5) is 0 Å². The maximum atomic E-state index is 12.6. The molecular formula is C14H20ClN2NaO2. The van der Waals surface area contributed by atoms with Crippen LogP contribution < -0.4 is 34.3 Å². The topological polar surface area (TPSA) is 32.8 Å². The van der Waals surface area contributed by atoms with Crippen molar-refractivity contribution in [2.45, 2.75) is 20.8 Å². The molecule has 1 aromatic carbocycles. The largest absolute Gasteiger partial charge is 1.00 e. The van der Waals surface area contributed by atoms with Crippen LogP contribution in [0.1, 0.15) is 31.1 Å². The van der Waals surface area contributed by atoms with Gasteiger partial charge in [-0.25, -0.2) is 5.01 Å². The van der Waals surface area contributed by atoms with Gasteiger partial charge < -0.3 is 4.74 Å². The standard InChI is InChI=1S/C14H20ClN2O2.Na/c1-5-16(6-2)17(7-3)14(18)12-10-11(15)8-9-13(12)19-4;/h9-10H,5-7H2,1-4H3;/q-1;+1. The van der Waals surface area contributed by atoms with Gasteiger partial charge in [0.05, 0.1) is 7.11 Å². The Hall–Kier alpha value is -0.260. The minimum absolute atomic E-state index is 0. The van der Waals surface area contributed by atoms with E-state index >= 15 is 0 Å². The van der Waals surface area contributed by atoms with Gasteiger partial charge in [-0.15, -0.1) is 23.7 Å². The molecule has 0 saturated heterocycles. The Kier molecular flexibility index (Phi) is 9.51. The Bertz CT molecular complexity index is 439. The number of nitrogens with zero attached hydrogens (tertiary/aromatic N) is 2. The molecule has 1 rings (SSSR count). The number of carbonyl (C=O) groups is 1. The third-order valence-electron chi connectivity index (χ3n) is 2.93. The van der Waals surface area contributed by atoms with Crippen molar-refractivity contribution in [3.05, 3.63) is 28.8 Å². The second kappa shape index (κ2) is 9.64. The van der Waals surface area contributed by atoms with Gasteiger partial charge in [-0.05, 0) is 12.5 Å². The Balaban J connectivity index is 0.00000361. The van der Waals surface area contributed by atoms with E-state index in [9.17, 15) is 4.79 Å². The van der Waals surface area contributed by atoms with Crippen LogP contribution in [0, 0.1) is 6.07 Å². The zero-order valence-corrected chi connectivity index (χ0v) is 15.6. The third kappa shape index (κ3) is 4.64. The van der Waals surface area contributed by atoms with Crippen molar-refractivity contribution in [3.63, 3.8) is 0 Å². The van der Waals surface area contributed by atoms with E-state index in [0.29, 0.717) is 22.9 Å². The molecule has 0 aromatic heterocycles. The van der Waals surface area contributed by atoms with Crippen LogP contribution in [-0.2, 0) is 0 Å². The molecule has 0 atom stereocenters. The molecule has 1 aromatic rings. The van der Waals surface area contributed by atoms with Crippen molar-refractivity contribution in [1.29, 1.82) is 0 Å². The molecule has 0 radical (unpaired) electrons. The summed E-state index contributed by atoms with van der Waals surface area (Å²) in [6, 6.07) is 6.00. The summed E-state index contributed by atoms with van der Waals surface area (Å²) in [5.74, 6) is 0.374. The summed E-state index contributed by atoms with van der Waals surface area (Å²) in [4.78, 5) is 12.6. The SMILES string of the molecule is CCN(CC)N(CC)C(=O)c1cc(Cl)[c-]cc1OC.[Na+]. The number of benzene rings is 1. The molecular weight excluding hydrogens is 287 g/mol. The first kappa shape index (κ1) is 19.7. The van der Waals surface area contributed by atoms with E-state index in [1.807, 2.05) is 25.8 Å². The van der Waals surface area contributed by atoms with Crippen molar-refractivity contribution in [1.82, 2.24) is 10.0 Å². The normalized spacial score (nSPS) is 10.1. The van der Waals surface area contributed by atoms with Crippen LogP contribution >= 0.6 is 11.6 Å². The summed E-state index contributed by atoms with van der Waals surface area (Å²) in [5.41, 5.74) is 0.458. The van der Waals surface area contributed by atoms with Gasteiger partial charge in [0, 0.05) is 25.4 Å². The summed E-state index contributed by atoms with van der Waals surface area (Å²) in [7, 11) is 1.53. The first-order valence-electron chi connectivity index (χ1n) is 6.40. The maximum absolute atomic E-state index is 12.6. The quantitative estimate of drug-likeness (QED) is 0.417. The first-order chi connectivity index (χ1) is 9.08. The van der Waals surface area contributed by atoms with Crippen molar-refractivity contribution >= 4 is 17.5 Å². The molecule has 0 aliphatic carbocycles. The molecule has 0 fully saturated rings. The van der Waals surface area contributed by atoms with E-state index in [1.54, 1.807) is 17.1 Å². The predicted octanol–water partition coefficient (Wildman–Crippen LogP) is -0.128. The van der Waals surface area contributed by atoms with Crippen LogP contribution in [0.2, 0.25) is 5.02 Å². The van der Waals surface area contributed by atoms with Crippen molar-refractivity contribution < 1.29 is 39.1 Å². The molecule has 0 saturated carbocycles. The smallest absolute Gasteiger partial charge is 0.553 e. The molecule has 106 valence electrons. The second-order valence-corrected chi connectivity index (χ2v) is 4.33. The summed E-state index contributed by atoms with van der Waals surface area (Å²) in [5, 5.41) is 4.08. The Morgan fingerprint density at radius 1 is 1.30 bits per heavy atom. The number of amides is 1. The fourth-order valence-corrected chi connectivity index (χ4v) is 2.13. The van der Waals surface area contributed by atoms with Crippen LogP contribution in [0.25, 0.3) is 0 Å². The van der Waals surface area contributed by atoms with Crippen LogP contribution in [0.3, 0.4) is 0 Å². The number of rotatable bonds is 6. The van der Waals surface area contributed by atoms with Gasteiger partial charge in [0.1, 0.15) is 0 Å². The molecule has 0 N–H and O–H groups in total. The van der Waals surface area contributed by atoms with Gasteiger partial charge in [0.25, 0.3) is 0 Å². The van der Waals surface area contributed by atoms with Crippen LogP contribution in [0.15, 0.2) is 12.1 Å². The zero-order valence-electron chi connectivity index (χ0n) is 12.9. The molecule has 1 amide bonds. The monoisotopic (exact) mass is 306 g/mol. The van der Waals surface area contributed by atoms with Crippen molar-refractivity contribution in [3.8, 4) is 5.75 Å². The molecule has 0 bridgehead atoms. The minimum Gasteiger partial charge on any atom is -0.553 e. The Morgan fingerprint density at radius 2 is 1.90 bits per heavy atom. The number of hydrazine groups is 1. The predicted molar refractivity (Wildman–Crippen MR) is 76.5 cm³/mol. The molecule has 0 heterocycles. The van der Waals surface area contributed by atoms with E-state index in [1.165, 1.54) is 7.11 Å². The van der Waals surface area contributed by atoms with Gasteiger partial charge in [0.15, 0.2) is 0 Å². The molecule has 0 aliphatic rings. The van der Waals surface area contributed by atoms with Gasteiger partial charge in [-0.3, -0.25) is 9.80 Å². The zero-order chi connectivity index (χ0) is 14.4. The molecule has 0 spiro atoms. The Morgan fingerprint density at radius 3 is 2.35 bits per heavy atom. The van der Waals surface area contributed by atoms with Gasteiger partial charge in [0.2, 0.25) is 5.91 Å².